The number of methoxy groups -OCH3 is 1. The number of nitrogens with zero attached hydrogens (tertiary/aromatic N) is 1. The van der Waals surface area contributed by atoms with E-state index in [2.05, 4.69) is 5.32 Å². The van der Waals surface area contributed by atoms with Crippen LogP contribution in [-0.4, -0.2) is 38.7 Å². The van der Waals surface area contributed by atoms with E-state index in [4.69, 9.17) is 14.2 Å². The fraction of sp³-hybridized carbons (Fsp3) is 0.333. The van der Waals surface area contributed by atoms with Crippen molar-refractivity contribution >= 4 is 17.5 Å². The van der Waals surface area contributed by atoms with Crippen LogP contribution in [0.25, 0.3) is 0 Å². The lowest BCUT2D eigenvalue weighted by molar-refractivity contribution is -0.126. The second-order valence-electron chi connectivity index (χ2n) is 6.80. The number of carbonyl (C=O) groups excluding carboxylic acids is 2. The molecule has 0 unspecified atom stereocenters. The van der Waals surface area contributed by atoms with Gasteiger partial charge in [-0.2, -0.15) is 0 Å². The van der Waals surface area contributed by atoms with Gasteiger partial charge in [0.15, 0.2) is 11.5 Å². The average molecular weight is 382 g/mol. The van der Waals surface area contributed by atoms with E-state index < -0.39 is 0 Å². The second-order valence-corrected chi connectivity index (χ2v) is 6.80. The van der Waals surface area contributed by atoms with Crippen LogP contribution >= 0.6 is 0 Å². The third-order valence-corrected chi connectivity index (χ3v) is 4.96. The van der Waals surface area contributed by atoms with Gasteiger partial charge in [0.2, 0.25) is 11.8 Å². The van der Waals surface area contributed by atoms with Crippen molar-refractivity contribution in [3.05, 3.63) is 48.0 Å². The molecule has 2 aromatic rings. The smallest absolute Gasteiger partial charge is 0.227 e. The van der Waals surface area contributed by atoms with Gasteiger partial charge < -0.3 is 24.4 Å². The number of benzene rings is 2. The van der Waals surface area contributed by atoms with Crippen molar-refractivity contribution < 1.29 is 23.8 Å². The van der Waals surface area contributed by atoms with Crippen LogP contribution in [0.15, 0.2) is 42.5 Å². The first-order valence-corrected chi connectivity index (χ1v) is 9.24. The molecule has 7 heteroatoms. The number of nitrogens with one attached hydrogen (secondary N) is 1. The Labute approximate surface area is 163 Å². The first-order valence-electron chi connectivity index (χ1n) is 9.24. The van der Waals surface area contributed by atoms with Crippen LogP contribution in [0, 0.1) is 5.92 Å². The third kappa shape index (κ3) is 3.74. The molecule has 0 radical (unpaired) electrons. The van der Waals surface area contributed by atoms with Crippen molar-refractivity contribution in [2.75, 3.05) is 31.8 Å². The van der Waals surface area contributed by atoms with E-state index in [0.717, 1.165) is 17.0 Å². The lowest BCUT2D eigenvalue weighted by Crippen LogP contribution is -2.32. The molecule has 1 atom stereocenters. The summed E-state index contributed by atoms with van der Waals surface area (Å²) in [6, 6.07) is 12.9. The molecule has 1 fully saturated rings. The minimum Gasteiger partial charge on any atom is -0.497 e. The molecule has 28 heavy (non-hydrogen) atoms. The maximum atomic E-state index is 12.5. The second kappa shape index (κ2) is 7.80. The third-order valence-electron chi connectivity index (χ3n) is 4.96. The summed E-state index contributed by atoms with van der Waals surface area (Å²) in [6.45, 7) is 1.77. The summed E-state index contributed by atoms with van der Waals surface area (Å²) in [4.78, 5) is 26.6. The van der Waals surface area contributed by atoms with Crippen LogP contribution in [0.3, 0.4) is 0 Å². The van der Waals surface area contributed by atoms with Gasteiger partial charge in [-0.15, -0.1) is 0 Å². The molecule has 2 aromatic carbocycles. The maximum absolute atomic E-state index is 12.5. The highest BCUT2D eigenvalue weighted by atomic mass is 16.6. The molecule has 0 spiro atoms. The Bertz CT molecular complexity index is 881. The molecule has 0 bridgehead atoms. The molecular formula is C21H22N2O5. The van der Waals surface area contributed by atoms with Crippen molar-refractivity contribution in [2.45, 2.75) is 13.0 Å². The van der Waals surface area contributed by atoms with Crippen LogP contribution in [0.2, 0.25) is 0 Å². The van der Waals surface area contributed by atoms with Gasteiger partial charge in [0.05, 0.1) is 13.0 Å². The molecule has 0 saturated carbocycles. The molecule has 0 aromatic heterocycles. The molecule has 146 valence electrons. The Morgan fingerprint density at radius 3 is 2.64 bits per heavy atom. The Balaban J connectivity index is 1.37. The van der Waals surface area contributed by atoms with Gasteiger partial charge in [-0.1, -0.05) is 12.1 Å². The summed E-state index contributed by atoms with van der Waals surface area (Å²) < 4.78 is 16.2. The summed E-state index contributed by atoms with van der Waals surface area (Å²) in [7, 11) is 1.61. The zero-order chi connectivity index (χ0) is 19.5. The standard InChI is InChI=1S/C21H22N2O5/c1-26-17-5-2-14(3-6-17)12-22-21(25)15-10-20(24)23(13-15)16-4-7-18-19(11-16)28-9-8-27-18/h2-7,11,15H,8-10,12-13H2,1H3,(H,22,25)/t15-/m1/s1. The SMILES string of the molecule is COc1ccc(CNC(=O)[C@@H]2CC(=O)N(c3ccc4c(c3)OCCO4)C2)cc1. The van der Waals surface area contributed by atoms with E-state index in [1.54, 1.807) is 24.1 Å². The van der Waals surface area contributed by atoms with Gasteiger partial charge in [0.1, 0.15) is 19.0 Å². The molecule has 4 rings (SSSR count). The van der Waals surface area contributed by atoms with Crippen molar-refractivity contribution in [3.8, 4) is 17.2 Å². The van der Waals surface area contributed by atoms with Crippen LogP contribution in [0.5, 0.6) is 17.2 Å². The topological polar surface area (TPSA) is 77.1 Å². The molecule has 2 aliphatic rings. The lowest BCUT2D eigenvalue weighted by Gasteiger charge is -2.22. The Morgan fingerprint density at radius 1 is 1.14 bits per heavy atom. The number of hydrogen-bond acceptors (Lipinski definition) is 5. The summed E-state index contributed by atoms with van der Waals surface area (Å²) in [5.74, 6) is 1.51. The molecule has 0 aliphatic carbocycles. The minimum absolute atomic E-state index is 0.0683. The molecule has 2 heterocycles. The molecule has 7 nitrogen and oxygen atoms in total. The number of anilines is 1. The van der Waals surface area contributed by atoms with Crippen molar-refractivity contribution in [2.24, 2.45) is 5.92 Å². The molecule has 1 saturated heterocycles. The van der Waals surface area contributed by atoms with E-state index in [1.807, 2.05) is 30.3 Å². The highest BCUT2D eigenvalue weighted by molar-refractivity contribution is 6.00. The molecular weight excluding hydrogens is 360 g/mol. The largest absolute Gasteiger partial charge is 0.497 e. The van der Waals surface area contributed by atoms with Crippen LogP contribution in [-0.2, 0) is 16.1 Å². The quantitative estimate of drug-likeness (QED) is 0.857. The summed E-state index contributed by atoms with van der Waals surface area (Å²) in [6.07, 6.45) is 0.197. The summed E-state index contributed by atoms with van der Waals surface area (Å²) in [5, 5.41) is 2.92. The van der Waals surface area contributed by atoms with Gasteiger partial charge in [-0.05, 0) is 29.8 Å². The van der Waals surface area contributed by atoms with Crippen LogP contribution in [0.1, 0.15) is 12.0 Å². The lowest BCUT2D eigenvalue weighted by atomic mass is 10.1. The van der Waals surface area contributed by atoms with E-state index in [-0.39, 0.29) is 24.2 Å². The fourth-order valence-corrected chi connectivity index (χ4v) is 3.41. The summed E-state index contributed by atoms with van der Waals surface area (Å²) >= 11 is 0. The normalized spacial score (nSPS) is 18.1. The number of fused-ring (bicyclic) bond motifs is 1. The summed E-state index contributed by atoms with van der Waals surface area (Å²) in [5.41, 5.74) is 1.70. The van der Waals surface area contributed by atoms with E-state index in [1.165, 1.54) is 0 Å². The van der Waals surface area contributed by atoms with E-state index in [0.29, 0.717) is 37.8 Å². The molecule has 2 amide bonds. The van der Waals surface area contributed by atoms with Crippen molar-refractivity contribution in [1.82, 2.24) is 5.32 Å². The van der Waals surface area contributed by atoms with Crippen LogP contribution in [0.4, 0.5) is 5.69 Å². The number of hydrogen-bond donors (Lipinski definition) is 1. The zero-order valence-electron chi connectivity index (χ0n) is 15.6. The van der Waals surface area contributed by atoms with Crippen molar-refractivity contribution in [1.29, 1.82) is 0 Å². The number of amides is 2. The highest BCUT2D eigenvalue weighted by Gasteiger charge is 2.35. The predicted molar refractivity (Wildman–Crippen MR) is 103 cm³/mol. The first-order chi connectivity index (χ1) is 13.6. The number of rotatable bonds is 5. The van der Waals surface area contributed by atoms with Crippen molar-refractivity contribution in [3.63, 3.8) is 0 Å². The number of carbonyl (C=O) groups is 2. The highest BCUT2D eigenvalue weighted by Crippen LogP contribution is 2.36. The van der Waals surface area contributed by atoms with Gasteiger partial charge >= 0.3 is 0 Å². The van der Waals surface area contributed by atoms with E-state index in [9.17, 15) is 9.59 Å². The molecule has 1 N–H and O–H groups in total. The zero-order valence-corrected chi connectivity index (χ0v) is 15.6. The van der Waals surface area contributed by atoms with Gasteiger partial charge in [0.25, 0.3) is 0 Å². The minimum atomic E-state index is -0.376. The molecule has 2 aliphatic heterocycles. The predicted octanol–water partition coefficient (Wildman–Crippen LogP) is 2.14. The van der Waals surface area contributed by atoms with E-state index >= 15 is 0 Å². The number of ether oxygens (including phenoxy) is 3. The fourth-order valence-electron chi connectivity index (χ4n) is 3.41. The van der Waals surface area contributed by atoms with Gasteiger partial charge in [-0.25, -0.2) is 0 Å². The van der Waals surface area contributed by atoms with Crippen LogP contribution < -0.4 is 24.4 Å². The average Bonchev–Trinajstić information content (AvgIpc) is 3.13. The Kier molecular flexibility index (Phi) is 5.06. The monoisotopic (exact) mass is 382 g/mol. The maximum Gasteiger partial charge on any atom is 0.227 e. The Hall–Kier alpha value is -3.22. The first kappa shape index (κ1) is 18.2. The van der Waals surface area contributed by atoms with Gasteiger partial charge in [-0.3, -0.25) is 9.59 Å². The van der Waals surface area contributed by atoms with Gasteiger partial charge in [0, 0.05) is 31.3 Å². The Morgan fingerprint density at radius 2 is 1.89 bits per heavy atom.